The second-order valence-corrected chi connectivity index (χ2v) is 4.37. The fourth-order valence-electron chi connectivity index (χ4n) is 1.93. The summed E-state index contributed by atoms with van der Waals surface area (Å²) in [7, 11) is 0. The van der Waals surface area contributed by atoms with Crippen molar-refractivity contribution in [1.82, 2.24) is 20.3 Å². The van der Waals surface area contributed by atoms with E-state index in [-0.39, 0.29) is 6.79 Å². The molecule has 0 radical (unpaired) electrons. The van der Waals surface area contributed by atoms with Crippen LogP contribution in [-0.2, 0) is 6.54 Å². The number of nitrogens with one attached hydrogen (secondary N) is 1. The van der Waals surface area contributed by atoms with Crippen LogP contribution in [0.25, 0.3) is 5.69 Å². The maximum absolute atomic E-state index is 5.35. The van der Waals surface area contributed by atoms with Gasteiger partial charge in [0.1, 0.15) is 0 Å². The molecule has 0 amide bonds. The first-order valence-electron chi connectivity index (χ1n) is 6.39. The van der Waals surface area contributed by atoms with E-state index in [0.717, 1.165) is 42.4 Å². The standard InChI is InChI=1S/C13H16N4O2/c1-2-5-14-7-10-8-17(16-15-10)11-3-4-12-13(6-11)19-9-18-12/h3-4,6,8,14H,2,5,7,9H2,1H3. The van der Waals surface area contributed by atoms with Crippen molar-refractivity contribution in [2.75, 3.05) is 13.3 Å². The number of nitrogens with zero attached hydrogens (tertiary/aromatic N) is 3. The number of benzene rings is 1. The van der Waals surface area contributed by atoms with Gasteiger partial charge in [0.05, 0.1) is 17.6 Å². The van der Waals surface area contributed by atoms with Gasteiger partial charge in [0.2, 0.25) is 6.79 Å². The van der Waals surface area contributed by atoms with Gasteiger partial charge < -0.3 is 14.8 Å². The van der Waals surface area contributed by atoms with Crippen LogP contribution in [0.15, 0.2) is 24.4 Å². The predicted octanol–water partition coefficient (Wildman–Crippen LogP) is 1.50. The molecule has 19 heavy (non-hydrogen) atoms. The topological polar surface area (TPSA) is 61.2 Å². The van der Waals surface area contributed by atoms with Crippen molar-refractivity contribution >= 4 is 0 Å². The first-order chi connectivity index (χ1) is 9.36. The monoisotopic (exact) mass is 260 g/mol. The van der Waals surface area contributed by atoms with Gasteiger partial charge in [0.25, 0.3) is 0 Å². The molecule has 1 aromatic carbocycles. The highest BCUT2D eigenvalue weighted by molar-refractivity contribution is 5.49. The minimum Gasteiger partial charge on any atom is -0.454 e. The van der Waals surface area contributed by atoms with Gasteiger partial charge in [-0.15, -0.1) is 5.10 Å². The molecule has 1 aliphatic heterocycles. The lowest BCUT2D eigenvalue weighted by Crippen LogP contribution is -2.13. The van der Waals surface area contributed by atoms with Gasteiger partial charge in [-0.3, -0.25) is 0 Å². The van der Waals surface area contributed by atoms with Gasteiger partial charge in [-0.1, -0.05) is 12.1 Å². The molecule has 6 nitrogen and oxygen atoms in total. The first-order valence-corrected chi connectivity index (χ1v) is 6.39. The predicted molar refractivity (Wildman–Crippen MR) is 69.5 cm³/mol. The minimum atomic E-state index is 0.280. The van der Waals surface area contributed by atoms with Gasteiger partial charge in [-0.25, -0.2) is 4.68 Å². The Labute approximate surface area is 111 Å². The average molecular weight is 260 g/mol. The summed E-state index contributed by atoms with van der Waals surface area (Å²) in [5, 5.41) is 11.6. The van der Waals surface area contributed by atoms with E-state index < -0.39 is 0 Å². The van der Waals surface area contributed by atoms with Crippen molar-refractivity contribution in [1.29, 1.82) is 0 Å². The van der Waals surface area contributed by atoms with Crippen LogP contribution in [-0.4, -0.2) is 28.3 Å². The summed E-state index contributed by atoms with van der Waals surface area (Å²) in [6.45, 7) is 4.13. The lowest BCUT2D eigenvalue weighted by molar-refractivity contribution is 0.174. The fraction of sp³-hybridized carbons (Fsp3) is 0.385. The Bertz CT molecular complexity index is 568. The van der Waals surface area contributed by atoms with Crippen LogP contribution in [0.2, 0.25) is 0 Å². The van der Waals surface area contributed by atoms with E-state index in [1.807, 2.05) is 24.4 Å². The zero-order valence-corrected chi connectivity index (χ0v) is 10.8. The van der Waals surface area contributed by atoms with E-state index in [4.69, 9.17) is 9.47 Å². The van der Waals surface area contributed by atoms with Gasteiger partial charge in [0.15, 0.2) is 11.5 Å². The van der Waals surface area contributed by atoms with Crippen molar-refractivity contribution in [3.63, 3.8) is 0 Å². The lowest BCUT2D eigenvalue weighted by atomic mass is 10.3. The molecule has 2 heterocycles. The molecule has 0 bridgehead atoms. The summed E-state index contributed by atoms with van der Waals surface area (Å²) in [5.41, 5.74) is 1.84. The quantitative estimate of drug-likeness (QED) is 0.825. The van der Waals surface area contributed by atoms with Crippen molar-refractivity contribution in [3.05, 3.63) is 30.1 Å². The Morgan fingerprint density at radius 2 is 2.21 bits per heavy atom. The molecule has 1 N–H and O–H groups in total. The van der Waals surface area contributed by atoms with Crippen molar-refractivity contribution in [2.45, 2.75) is 19.9 Å². The normalized spacial score (nSPS) is 12.9. The van der Waals surface area contributed by atoms with Crippen molar-refractivity contribution in [3.8, 4) is 17.2 Å². The van der Waals surface area contributed by atoms with Crippen molar-refractivity contribution < 1.29 is 9.47 Å². The molecule has 0 spiro atoms. The molecule has 3 rings (SSSR count). The second-order valence-electron chi connectivity index (χ2n) is 4.37. The summed E-state index contributed by atoms with van der Waals surface area (Å²) >= 11 is 0. The summed E-state index contributed by atoms with van der Waals surface area (Å²) in [6.07, 6.45) is 3.02. The molecule has 100 valence electrons. The Hall–Kier alpha value is -2.08. The third-order valence-electron chi connectivity index (χ3n) is 2.89. The third kappa shape index (κ3) is 2.53. The van der Waals surface area contributed by atoms with E-state index in [1.54, 1.807) is 4.68 Å². The highest BCUT2D eigenvalue weighted by atomic mass is 16.7. The van der Waals surface area contributed by atoms with Crippen LogP contribution >= 0.6 is 0 Å². The zero-order valence-electron chi connectivity index (χ0n) is 10.8. The van der Waals surface area contributed by atoms with Crippen LogP contribution < -0.4 is 14.8 Å². The zero-order chi connectivity index (χ0) is 13.1. The molecule has 0 unspecified atom stereocenters. The van der Waals surface area contributed by atoms with Crippen LogP contribution in [0.1, 0.15) is 19.0 Å². The van der Waals surface area contributed by atoms with E-state index in [2.05, 4.69) is 22.6 Å². The summed E-state index contributed by atoms with van der Waals surface area (Å²) in [4.78, 5) is 0. The van der Waals surface area contributed by atoms with Crippen LogP contribution in [0, 0.1) is 0 Å². The molecule has 1 aliphatic rings. The molecule has 0 atom stereocenters. The van der Waals surface area contributed by atoms with Gasteiger partial charge in [-0.05, 0) is 25.1 Å². The second kappa shape index (κ2) is 5.27. The molecule has 0 saturated carbocycles. The number of aromatic nitrogens is 3. The fourth-order valence-corrected chi connectivity index (χ4v) is 1.93. The number of ether oxygens (including phenoxy) is 2. The molecular weight excluding hydrogens is 244 g/mol. The maximum atomic E-state index is 5.35. The largest absolute Gasteiger partial charge is 0.454 e. The molecular formula is C13H16N4O2. The van der Waals surface area contributed by atoms with Gasteiger partial charge in [0, 0.05) is 12.6 Å². The smallest absolute Gasteiger partial charge is 0.231 e. The highest BCUT2D eigenvalue weighted by Crippen LogP contribution is 2.33. The number of fused-ring (bicyclic) bond motifs is 1. The highest BCUT2D eigenvalue weighted by Gasteiger charge is 2.14. The number of hydrogen-bond donors (Lipinski definition) is 1. The molecule has 2 aromatic rings. The Balaban J connectivity index is 1.75. The van der Waals surface area contributed by atoms with Crippen LogP contribution in [0.5, 0.6) is 11.5 Å². The van der Waals surface area contributed by atoms with Crippen molar-refractivity contribution in [2.24, 2.45) is 0 Å². The summed E-state index contributed by atoms with van der Waals surface area (Å²) in [5.74, 6) is 1.52. The average Bonchev–Trinajstić information content (AvgIpc) is 3.06. The molecule has 0 fully saturated rings. The molecule has 1 aromatic heterocycles. The summed E-state index contributed by atoms with van der Waals surface area (Å²) in [6, 6.07) is 5.72. The molecule has 0 aliphatic carbocycles. The summed E-state index contributed by atoms with van der Waals surface area (Å²) < 4.78 is 12.4. The van der Waals surface area contributed by atoms with Gasteiger partial charge >= 0.3 is 0 Å². The van der Waals surface area contributed by atoms with E-state index >= 15 is 0 Å². The van der Waals surface area contributed by atoms with Crippen LogP contribution in [0.4, 0.5) is 0 Å². The Morgan fingerprint density at radius 3 is 3.11 bits per heavy atom. The van der Waals surface area contributed by atoms with Gasteiger partial charge in [-0.2, -0.15) is 0 Å². The van der Waals surface area contributed by atoms with Crippen LogP contribution in [0.3, 0.4) is 0 Å². The molecule has 0 saturated heterocycles. The van der Waals surface area contributed by atoms with E-state index in [9.17, 15) is 0 Å². The maximum Gasteiger partial charge on any atom is 0.231 e. The number of hydrogen-bond acceptors (Lipinski definition) is 5. The third-order valence-corrected chi connectivity index (χ3v) is 2.89. The minimum absolute atomic E-state index is 0.280. The van der Waals surface area contributed by atoms with E-state index in [0.29, 0.717) is 0 Å². The number of rotatable bonds is 5. The SMILES string of the molecule is CCCNCc1cn(-c2ccc3c(c2)OCO3)nn1. The lowest BCUT2D eigenvalue weighted by Gasteiger charge is -2.01. The Morgan fingerprint density at radius 1 is 1.32 bits per heavy atom. The Kier molecular flexibility index (Phi) is 3.33. The molecule has 6 heteroatoms. The van der Waals surface area contributed by atoms with E-state index in [1.165, 1.54) is 0 Å². The first kappa shape index (κ1) is 12.0.